The number of para-hydroxylation sites is 1. The highest BCUT2D eigenvalue weighted by Gasteiger charge is 2.19. The standard InChI is InChI=1S/C19H15F2NO6/c1-12(18(24)14-6-9-15(10-7-14)28-19(20)21)27-17(23)11-8-13-4-2-3-5-16(13)22(25)26/h2-12,19H,1H3/b11-8+/t12-/m0/s1. The summed E-state index contributed by atoms with van der Waals surface area (Å²) in [6.07, 6.45) is 1.05. The molecule has 0 N–H and O–H groups in total. The van der Waals surface area contributed by atoms with Gasteiger partial charge < -0.3 is 9.47 Å². The minimum absolute atomic E-state index is 0.108. The Morgan fingerprint density at radius 1 is 1.11 bits per heavy atom. The van der Waals surface area contributed by atoms with Crippen LogP contribution >= 0.6 is 0 Å². The van der Waals surface area contributed by atoms with E-state index in [1.165, 1.54) is 55.5 Å². The molecule has 0 aromatic heterocycles. The first-order chi connectivity index (χ1) is 13.3. The zero-order valence-corrected chi connectivity index (χ0v) is 14.6. The quantitative estimate of drug-likeness (QED) is 0.222. The second-order valence-corrected chi connectivity index (χ2v) is 5.50. The van der Waals surface area contributed by atoms with Crippen LogP contribution < -0.4 is 4.74 Å². The molecule has 0 fully saturated rings. The molecule has 0 heterocycles. The molecule has 0 bridgehead atoms. The molecule has 2 aromatic carbocycles. The van der Waals surface area contributed by atoms with E-state index >= 15 is 0 Å². The highest BCUT2D eigenvalue weighted by Crippen LogP contribution is 2.19. The number of ether oxygens (including phenoxy) is 2. The fourth-order valence-corrected chi connectivity index (χ4v) is 2.25. The largest absolute Gasteiger partial charge is 0.451 e. The van der Waals surface area contributed by atoms with E-state index < -0.39 is 29.4 Å². The number of carbonyl (C=O) groups is 2. The van der Waals surface area contributed by atoms with Gasteiger partial charge in [-0.15, -0.1) is 0 Å². The minimum atomic E-state index is -2.98. The second-order valence-electron chi connectivity index (χ2n) is 5.50. The van der Waals surface area contributed by atoms with Crippen molar-refractivity contribution in [3.8, 4) is 5.75 Å². The summed E-state index contributed by atoms with van der Waals surface area (Å²) in [5.41, 5.74) is 0.171. The number of nitro groups is 1. The number of hydrogen-bond donors (Lipinski definition) is 0. The lowest BCUT2D eigenvalue weighted by atomic mass is 10.1. The molecule has 2 rings (SSSR count). The summed E-state index contributed by atoms with van der Waals surface area (Å²) in [5.74, 6) is -1.52. The van der Waals surface area contributed by atoms with E-state index in [4.69, 9.17) is 4.74 Å². The zero-order chi connectivity index (χ0) is 20.7. The topological polar surface area (TPSA) is 95.7 Å². The highest BCUT2D eigenvalue weighted by atomic mass is 19.3. The van der Waals surface area contributed by atoms with Gasteiger partial charge in [0.15, 0.2) is 6.10 Å². The first-order valence-corrected chi connectivity index (χ1v) is 7.99. The lowest BCUT2D eigenvalue weighted by Crippen LogP contribution is -2.23. The van der Waals surface area contributed by atoms with Crippen LogP contribution in [0.4, 0.5) is 14.5 Å². The molecule has 2 aromatic rings. The molecule has 7 nitrogen and oxygen atoms in total. The van der Waals surface area contributed by atoms with Crippen LogP contribution in [0.3, 0.4) is 0 Å². The van der Waals surface area contributed by atoms with Crippen molar-refractivity contribution in [1.82, 2.24) is 0 Å². The first kappa shape index (κ1) is 20.7. The van der Waals surface area contributed by atoms with Crippen LogP contribution in [-0.2, 0) is 9.53 Å². The van der Waals surface area contributed by atoms with E-state index in [9.17, 15) is 28.5 Å². The van der Waals surface area contributed by atoms with Crippen LogP contribution in [0.15, 0.2) is 54.6 Å². The summed E-state index contributed by atoms with van der Waals surface area (Å²) in [6.45, 7) is -1.63. The normalized spacial score (nSPS) is 12.0. The molecule has 0 radical (unpaired) electrons. The number of hydrogen-bond acceptors (Lipinski definition) is 6. The van der Waals surface area contributed by atoms with Gasteiger partial charge in [0.25, 0.3) is 5.69 Å². The maximum atomic E-state index is 12.3. The summed E-state index contributed by atoms with van der Waals surface area (Å²) in [6, 6.07) is 10.8. The maximum absolute atomic E-state index is 12.3. The number of carbonyl (C=O) groups excluding carboxylic acids is 2. The molecule has 146 valence electrons. The lowest BCUT2D eigenvalue weighted by molar-refractivity contribution is -0.385. The van der Waals surface area contributed by atoms with Crippen LogP contribution in [0.25, 0.3) is 6.08 Å². The van der Waals surface area contributed by atoms with Crippen LogP contribution in [-0.4, -0.2) is 29.4 Å². The van der Waals surface area contributed by atoms with Crippen LogP contribution in [0, 0.1) is 10.1 Å². The van der Waals surface area contributed by atoms with Crippen molar-refractivity contribution < 1.29 is 32.8 Å². The Kier molecular flexibility index (Phi) is 6.91. The van der Waals surface area contributed by atoms with Crippen molar-refractivity contribution in [2.24, 2.45) is 0 Å². The van der Waals surface area contributed by atoms with E-state index in [-0.39, 0.29) is 22.6 Å². The average molecular weight is 391 g/mol. The molecule has 0 aliphatic rings. The third-order valence-electron chi connectivity index (χ3n) is 3.56. The van der Waals surface area contributed by atoms with Crippen molar-refractivity contribution in [3.63, 3.8) is 0 Å². The van der Waals surface area contributed by atoms with E-state index in [1.54, 1.807) is 6.07 Å². The summed E-state index contributed by atoms with van der Waals surface area (Å²) in [4.78, 5) is 34.5. The third kappa shape index (κ3) is 5.70. The van der Waals surface area contributed by atoms with Crippen LogP contribution in [0.1, 0.15) is 22.8 Å². The SMILES string of the molecule is C[C@H](OC(=O)/C=C/c1ccccc1[N+](=O)[O-])C(=O)c1ccc(OC(F)F)cc1. The Bertz CT molecular complexity index is 896. The number of alkyl halides is 2. The van der Waals surface area contributed by atoms with E-state index in [0.717, 1.165) is 6.08 Å². The van der Waals surface area contributed by atoms with Crippen LogP contribution in [0.5, 0.6) is 5.75 Å². The molecular weight excluding hydrogens is 376 g/mol. The Morgan fingerprint density at radius 2 is 1.75 bits per heavy atom. The van der Waals surface area contributed by atoms with Gasteiger partial charge in [0.05, 0.1) is 10.5 Å². The van der Waals surface area contributed by atoms with E-state index in [0.29, 0.717) is 0 Å². The third-order valence-corrected chi connectivity index (χ3v) is 3.56. The number of ketones is 1. The van der Waals surface area contributed by atoms with Gasteiger partial charge in [-0.1, -0.05) is 12.1 Å². The summed E-state index contributed by atoms with van der Waals surface area (Å²) in [5, 5.41) is 10.9. The summed E-state index contributed by atoms with van der Waals surface area (Å²) >= 11 is 0. The van der Waals surface area contributed by atoms with Gasteiger partial charge in [-0.2, -0.15) is 8.78 Å². The maximum Gasteiger partial charge on any atom is 0.387 e. The molecule has 0 aliphatic heterocycles. The number of benzene rings is 2. The van der Waals surface area contributed by atoms with Crippen molar-refractivity contribution in [2.45, 2.75) is 19.6 Å². The van der Waals surface area contributed by atoms with Crippen LogP contribution in [0.2, 0.25) is 0 Å². The van der Waals surface area contributed by atoms with Crippen molar-refractivity contribution in [3.05, 3.63) is 75.8 Å². The number of rotatable bonds is 8. The molecule has 0 spiro atoms. The van der Waals surface area contributed by atoms with Gasteiger partial charge in [0.1, 0.15) is 5.75 Å². The summed E-state index contributed by atoms with van der Waals surface area (Å²) in [7, 11) is 0. The van der Waals surface area contributed by atoms with Gasteiger partial charge in [-0.3, -0.25) is 14.9 Å². The van der Waals surface area contributed by atoms with Gasteiger partial charge >= 0.3 is 12.6 Å². The van der Waals surface area contributed by atoms with Gasteiger partial charge in [0, 0.05) is 17.7 Å². The second kappa shape index (κ2) is 9.36. The summed E-state index contributed by atoms with van der Waals surface area (Å²) < 4.78 is 33.4. The predicted octanol–water partition coefficient (Wildman–Crippen LogP) is 4.02. The molecule has 28 heavy (non-hydrogen) atoms. The minimum Gasteiger partial charge on any atom is -0.451 e. The molecular formula is C19H15F2NO6. The van der Waals surface area contributed by atoms with Crippen molar-refractivity contribution in [2.75, 3.05) is 0 Å². The van der Waals surface area contributed by atoms with E-state index in [2.05, 4.69) is 4.74 Å². The Labute approximate surface area is 158 Å². The average Bonchev–Trinajstić information content (AvgIpc) is 2.66. The fourth-order valence-electron chi connectivity index (χ4n) is 2.25. The number of esters is 1. The number of Topliss-reactive ketones (excluding diaryl/α,β-unsaturated/α-hetero) is 1. The fraction of sp³-hybridized carbons (Fsp3) is 0.158. The Hall–Kier alpha value is -3.62. The molecule has 9 heteroatoms. The van der Waals surface area contributed by atoms with Gasteiger partial charge in [-0.05, 0) is 43.3 Å². The molecule has 0 amide bonds. The van der Waals surface area contributed by atoms with Crippen molar-refractivity contribution in [1.29, 1.82) is 0 Å². The predicted molar refractivity (Wildman–Crippen MR) is 95.1 cm³/mol. The first-order valence-electron chi connectivity index (χ1n) is 7.99. The van der Waals surface area contributed by atoms with Crippen molar-refractivity contribution >= 4 is 23.5 Å². The molecule has 0 saturated carbocycles. The Morgan fingerprint density at radius 3 is 2.36 bits per heavy atom. The molecule has 0 aliphatic carbocycles. The molecule has 0 saturated heterocycles. The smallest absolute Gasteiger partial charge is 0.387 e. The number of halogens is 2. The Balaban J connectivity index is 2.00. The van der Waals surface area contributed by atoms with Gasteiger partial charge in [0.2, 0.25) is 5.78 Å². The van der Waals surface area contributed by atoms with Gasteiger partial charge in [-0.25, -0.2) is 4.79 Å². The zero-order valence-electron chi connectivity index (χ0n) is 14.6. The molecule has 0 unspecified atom stereocenters. The highest BCUT2D eigenvalue weighted by molar-refractivity contribution is 6.01. The number of nitro benzene ring substituents is 1. The monoisotopic (exact) mass is 391 g/mol. The number of nitrogens with zero attached hydrogens (tertiary/aromatic N) is 1. The van der Waals surface area contributed by atoms with E-state index in [1.807, 2.05) is 0 Å². The lowest BCUT2D eigenvalue weighted by Gasteiger charge is -2.11. The molecule has 1 atom stereocenters.